The first kappa shape index (κ1) is 25.9. The second kappa shape index (κ2) is 11.6. The molecule has 0 aromatic heterocycles. The number of amides is 1. The van der Waals surface area contributed by atoms with Crippen molar-refractivity contribution in [1.29, 1.82) is 0 Å². The Hall–Kier alpha value is -2.74. The third kappa shape index (κ3) is 6.88. The Kier molecular flexibility index (Phi) is 8.83. The van der Waals surface area contributed by atoms with Gasteiger partial charge in [0.2, 0.25) is 5.91 Å². The van der Waals surface area contributed by atoms with Crippen LogP contribution in [0.2, 0.25) is 10.0 Å². The molecule has 3 aromatic carbocycles. The minimum absolute atomic E-state index is 0.0695. The minimum atomic E-state index is -4.04. The van der Waals surface area contributed by atoms with E-state index in [1.807, 2.05) is 31.2 Å². The summed E-state index contributed by atoms with van der Waals surface area (Å²) >= 11 is 12.2. The number of aryl methyl sites for hydroxylation is 2. The Morgan fingerprint density at radius 3 is 2.32 bits per heavy atom. The first-order valence-electron chi connectivity index (χ1n) is 10.6. The van der Waals surface area contributed by atoms with E-state index in [4.69, 9.17) is 27.9 Å². The SMILES string of the molecule is COc1cccc(CCCNC(=O)CN(c2cc(Cl)cc(Cl)c2)S(=O)(=O)c2ccc(C)cc2)c1. The van der Waals surface area contributed by atoms with Gasteiger partial charge in [0, 0.05) is 16.6 Å². The molecule has 0 fully saturated rings. The molecule has 0 aliphatic carbocycles. The van der Waals surface area contributed by atoms with E-state index >= 15 is 0 Å². The van der Waals surface area contributed by atoms with Crippen molar-refractivity contribution >= 4 is 44.8 Å². The molecule has 9 heteroatoms. The van der Waals surface area contributed by atoms with E-state index in [9.17, 15) is 13.2 Å². The lowest BCUT2D eigenvalue weighted by atomic mass is 10.1. The van der Waals surface area contributed by atoms with Crippen molar-refractivity contribution in [3.8, 4) is 5.75 Å². The molecule has 180 valence electrons. The predicted octanol–water partition coefficient (Wildman–Crippen LogP) is 5.25. The lowest BCUT2D eigenvalue weighted by molar-refractivity contribution is -0.119. The van der Waals surface area contributed by atoms with Crippen LogP contribution in [0.1, 0.15) is 17.5 Å². The molecule has 0 atom stereocenters. The Bertz CT molecular complexity index is 1230. The lowest BCUT2D eigenvalue weighted by Crippen LogP contribution is -2.41. The average Bonchev–Trinajstić information content (AvgIpc) is 2.80. The quantitative estimate of drug-likeness (QED) is 0.370. The smallest absolute Gasteiger partial charge is 0.264 e. The van der Waals surface area contributed by atoms with Crippen LogP contribution in [0.25, 0.3) is 0 Å². The number of nitrogens with zero attached hydrogens (tertiary/aromatic N) is 1. The zero-order valence-electron chi connectivity index (χ0n) is 18.9. The molecule has 3 rings (SSSR count). The summed E-state index contributed by atoms with van der Waals surface area (Å²) in [4.78, 5) is 12.8. The topological polar surface area (TPSA) is 75.7 Å². The maximum atomic E-state index is 13.4. The van der Waals surface area contributed by atoms with Gasteiger partial charge in [-0.2, -0.15) is 0 Å². The number of benzene rings is 3. The van der Waals surface area contributed by atoms with Crippen LogP contribution in [0.3, 0.4) is 0 Å². The molecule has 34 heavy (non-hydrogen) atoms. The van der Waals surface area contributed by atoms with Gasteiger partial charge in [0.25, 0.3) is 10.0 Å². The van der Waals surface area contributed by atoms with Crippen molar-refractivity contribution in [2.45, 2.75) is 24.7 Å². The molecule has 0 aliphatic heterocycles. The summed E-state index contributed by atoms with van der Waals surface area (Å²) in [7, 11) is -2.43. The molecule has 0 unspecified atom stereocenters. The third-order valence-corrected chi connectivity index (χ3v) is 7.35. The number of sulfonamides is 1. The first-order valence-corrected chi connectivity index (χ1v) is 12.8. The van der Waals surface area contributed by atoms with Crippen molar-refractivity contribution in [2.75, 3.05) is 24.5 Å². The van der Waals surface area contributed by atoms with Gasteiger partial charge in [0.15, 0.2) is 0 Å². The summed E-state index contributed by atoms with van der Waals surface area (Å²) in [5.74, 6) is 0.344. The maximum absolute atomic E-state index is 13.4. The molecule has 0 saturated heterocycles. The average molecular weight is 521 g/mol. The summed E-state index contributed by atoms with van der Waals surface area (Å²) in [6.07, 6.45) is 1.43. The summed E-state index contributed by atoms with van der Waals surface area (Å²) in [6, 6.07) is 18.6. The van der Waals surface area contributed by atoms with Crippen LogP contribution in [0.15, 0.2) is 71.6 Å². The Balaban J connectivity index is 1.73. The zero-order chi connectivity index (χ0) is 24.7. The molecule has 1 amide bonds. The predicted molar refractivity (Wildman–Crippen MR) is 136 cm³/mol. The van der Waals surface area contributed by atoms with E-state index in [-0.39, 0.29) is 20.6 Å². The monoisotopic (exact) mass is 520 g/mol. The number of ether oxygens (including phenoxy) is 1. The molecule has 0 spiro atoms. The van der Waals surface area contributed by atoms with E-state index in [1.54, 1.807) is 19.2 Å². The largest absolute Gasteiger partial charge is 0.497 e. The highest BCUT2D eigenvalue weighted by Crippen LogP contribution is 2.29. The molecule has 0 saturated carbocycles. The van der Waals surface area contributed by atoms with E-state index in [0.29, 0.717) is 13.0 Å². The number of carbonyl (C=O) groups excluding carboxylic acids is 1. The van der Waals surface area contributed by atoms with Gasteiger partial charge in [-0.1, -0.05) is 53.0 Å². The summed E-state index contributed by atoms with van der Waals surface area (Å²) in [6.45, 7) is 1.85. The number of halogens is 2. The molecular weight excluding hydrogens is 495 g/mol. The normalized spacial score (nSPS) is 11.2. The van der Waals surface area contributed by atoms with Crippen LogP contribution >= 0.6 is 23.2 Å². The van der Waals surface area contributed by atoms with Crippen LogP contribution in [0.5, 0.6) is 5.75 Å². The molecule has 0 aliphatic rings. The van der Waals surface area contributed by atoms with Gasteiger partial charge in [-0.25, -0.2) is 8.42 Å². The number of anilines is 1. The number of carbonyl (C=O) groups is 1. The fraction of sp³-hybridized carbons (Fsp3) is 0.240. The van der Waals surface area contributed by atoms with Crippen molar-refractivity contribution in [3.05, 3.63) is 87.9 Å². The Morgan fingerprint density at radius 1 is 1.00 bits per heavy atom. The highest BCUT2D eigenvalue weighted by Gasteiger charge is 2.27. The second-order valence-corrected chi connectivity index (χ2v) is 10.5. The standard InChI is InChI=1S/C25H26Cl2N2O4S/c1-18-8-10-24(11-9-18)34(31,32)29(22-15-20(26)14-21(27)16-22)17-25(30)28-12-4-6-19-5-3-7-23(13-19)33-2/h3,5,7-11,13-16H,4,6,12,17H2,1-2H3,(H,28,30). The van der Waals surface area contributed by atoms with E-state index in [0.717, 1.165) is 27.6 Å². The Morgan fingerprint density at radius 2 is 1.68 bits per heavy atom. The van der Waals surface area contributed by atoms with Gasteiger partial charge in [0.1, 0.15) is 12.3 Å². The van der Waals surface area contributed by atoms with Gasteiger partial charge in [-0.15, -0.1) is 0 Å². The number of methoxy groups -OCH3 is 1. The number of rotatable bonds is 10. The first-order chi connectivity index (χ1) is 16.2. The molecule has 1 N–H and O–H groups in total. The fourth-order valence-electron chi connectivity index (χ4n) is 3.37. The third-order valence-electron chi connectivity index (χ3n) is 5.13. The van der Waals surface area contributed by atoms with Crippen LogP contribution in [-0.4, -0.2) is 34.5 Å². The second-order valence-electron chi connectivity index (χ2n) is 7.76. The van der Waals surface area contributed by atoms with E-state index in [2.05, 4.69) is 5.32 Å². The summed E-state index contributed by atoms with van der Waals surface area (Å²) < 4.78 is 33.1. The zero-order valence-corrected chi connectivity index (χ0v) is 21.3. The molecule has 3 aromatic rings. The van der Waals surface area contributed by atoms with Gasteiger partial charge < -0.3 is 10.1 Å². The molecule has 6 nitrogen and oxygen atoms in total. The number of hydrogen-bond donors (Lipinski definition) is 1. The Labute approximate surface area is 210 Å². The van der Waals surface area contributed by atoms with Gasteiger partial charge in [-0.05, 0) is 67.8 Å². The maximum Gasteiger partial charge on any atom is 0.264 e. The van der Waals surface area contributed by atoms with Gasteiger partial charge >= 0.3 is 0 Å². The summed E-state index contributed by atoms with van der Waals surface area (Å²) in [5.41, 5.74) is 2.22. The van der Waals surface area contributed by atoms with Crippen molar-refractivity contribution in [2.24, 2.45) is 0 Å². The summed E-state index contributed by atoms with van der Waals surface area (Å²) in [5, 5.41) is 3.34. The van der Waals surface area contributed by atoms with Crippen LogP contribution < -0.4 is 14.4 Å². The molecule has 0 radical (unpaired) electrons. The minimum Gasteiger partial charge on any atom is -0.497 e. The van der Waals surface area contributed by atoms with Crippen molar-refractivity contribution in [1.82, 2.24) is 5.32 Å². The van der Waals surface area contributed by atoms with Crippen LogP contribution in [0, 0.1) is 6.92 Å². The fourth-order valence-corrected chi connectivity index (χ4v) is 5.29. The molecule has 0 bridgehead atoms. The van der Waals surface area contributed by atoms with Crippen molar-refractivity contribution in [3.63, 3.8) is 0 Å². The number of hydrogen-bond acceptors (Lipinski definition) is 4. The van der Waals surface area contributed by atoms with Crippen LogP contribution in [0.4, 0.5) is 5.69 Å². The molecule has 0 heterocycles. The van der Waals surface area contributed by atoms with Crippen LogP contribution in [-0.2, 0) is 21.2 Å². The van der Waals surface area contributed by atoms with E-state index < -0.39 is 22.5 Å². The van der Waals surface area contributed by atoms with Gasteiger partial charge in [0.05, 0.1) is 17.7 Å². The lowest BCUT2D eigenvalue weighted by Gasteiger charge is -2.24. The highest BCUT2D eigenvalue weighted by atomic mass is 35.5. The van der Waals surface area contributed by atoms with E-state index in [1.165, 1.54) is 30.3 Å². The molecular formula is C25H26Cl2N2O4S. The van der Waals surface area contributed by atoms with Gasteiger partial charge in [-0.3, -0.25) is 9.10 Å². The van der Waals surface area contributed by atoms with Crippen molar-refractivity contribution < 1.29 is 17.9 Å². The highest BCUT2D eigenvalue weighted by molar-refractivity contribution is 7.92. The number of nitrogens with one attached hydrogen (secondary N) is 1.